The Morgan fingerprint density at radius 2 is 2.00 bits per heavy atom. The van der Waals surface area contributed by atoms with E-state index in [2.05, 4.69) is 20.0 Å². The molecule has 0 radical (unpaired) electrons. The van der Waals surface area contributed by atoms with Crippen molar-refractivity contribution < 1.29 is 5.11 Å². The Morgan fingerprint density at radius 3 is 2.74 bits per heavy atom. The minimum atomic E-state index is -0.183. The summed E-state index contributed by atoms with van der Waals surface area (Å²) >= 11 is 6.08. The zero-order valence-electron chi connectivity index (χ0n) is 10.3. The fourth-order valence-electron chi connectivity index (χ4n) is 3.48. The molecule has 100 valence electrons. The largest absolute Gasteiger partial charge is 0.393 e. The number of nitrogens with zero attached hydrogens (tertiary/aromatic N) is 5. The van der Waals surface area contributed by atoms with Crippen molar-refractivity contribution in [2.75, 3.05) is 4.90 Å². The molecule has 0 spiro atoms. The number of piperidine rings is 1. The molecule has 2 aromatic rings. The second-order valence-corrected chi connectivity index (χ2v) is 5.71. The highest BCUT2D eigenvalue weighted by molar-refractivity contribution is 6.29. The average molecular weight is 280 g/mol. The van der Waals surface area contributed by atoms with E-state index in [1.165, 1.54) is 6.33 Å². The highest BCUT2D eigenvalue weighted by Gasteiger charge is 2.41. The maximum Gasteiger partial charge on any atom is 0.255 e. The standard InChI is InChI=1S/C12H14ClN5O/c13-10-5-11(18-12(16-10)14-6-15-18)17-7-1-2-8(17)4-9(19)3-7/h5-9,19H,1-4H2. The third kappa shape index (κ3) is 1.70. The van der Waals surface area contributed by atoms with E-state index >= 15 is 0 Å². The molecule has 0 amide bonds. The first kappa shape index (κ1) is 11.4. The quantitative estimate of drug-likeness (QED) is 0.797. The lowest BCUT2D eigenvalue weighted by molar-refractivity contribution is 0.126. The second-order valence-electron chi connectivity index (χ2n) is 5.33. The Hall–Kier alpha value is -1.40. The molecule has 2 aliphatic rings. The molecule has 19 heavy (non-hydrogen) atoms. The first-order valence-corrected chi connectivity index (χ1v) is 6.93. The normalized spacial score (nSPS) is 30.2. The summed E-state index contributed by atoms with van der Waals surface area (Å²) in [4.78, 5) is 10.6. The van der Waals surface area contributed by atoms with E-state index in [9.17, 15) is 5.11 Å². The van der Waals surface area contributed by atoms with Gasteiger partial charge in [-0.2, -0.15) is 19.6 Å². The molecule has 2 saturated heterocycles. The van der Waals surface area contributed by atoms with Crippen LogP contribution in [0.5, 0.6) is 0 Å². The summed E-state index contributed by atoms with van der Waals surface area (Å²) in [7, 11) is 0. The molecule has 2 aromatic heterocycles. The van der Waals surface area contributed by atoms with E-state index in [-0.39, 0.29) is 6.10 Å². The third-order valence-corrected chi connectivity index (χ3v) is 4.37. The number of fused-ring (bicyclic) bond motifs is 3. The number of aliphatic hydroxyl groups excluding tert-OH is 1. The van der Waals surface area contributed by atoms with Gasteiger partial charge >= 0.3 is 0 Å². The first-order chi connectivity index (χ1) is 9.22. The van der Waals surface area contributed by atoms with Crippen LogP contribution in [-0.4, -0.2) is 42.9 Å². The highest BCUT2D eigenvalue weighted by Crippen LogP contribution is 2.39. The summed E-state index contributed by atoms with van der Waals surface area (Å²) in [5.74, 6) is 1.46. The van der Waals surface area contributed by atoms with Crippen LogP contribution in [0.25, 0.3) is 5.78 Å². The minimum absolute atomic E-state index is 0.183. The van der Waals surface area contributed by atoms with Gasteiger partial charge in [-0.1, -0.05) is 11.6 Å². The van der Waals surface area contributed by atoms with E-state index < -0.39 is 0 Å². The van der Waals surface area contributed by atoms with Crippen molar-refractivity contribution >= 4 is 23.2 Å². The van der Waals surface area contributed by atoms with Gasteiger partial charge in [-0.25, -0.2) is 0 Å². The zero-order chi connectivity index (χ0) is 13.0. The van der Waals surface area contributed by atoms with Gasteiger partial charge in [0, 0.05) is 18.2 Å². The molecule has 2 unspecified atom stereocenters. The Kier molecular flexibility index (Phi) is 2.43. The summed E-state index contributed by atoms with van der Waals surface area (Å²) in [6.45, 7) is 0. The Balaban J connectivity index is 1.84. The van der Waals surface area contributed by atoms with E-state index in [1.54, 1.807) is 4.52 Å². The summed E-state index contributed by atoms with van der Waals surface area (Å²) in [6.07, 6.45) is 5.15. The maximum atomic E-state index is 9.88. The number of halogens is 1. The summed E-state index contributed by atoms with van der Waals surface area (Å²) in [5.41, 5.74) is 0. The molecule has 2 fully saturated rings. The first-order valence-electron chi connectivity index (χ1n) is 6.55. The van der Waals surface area contributed by atoms with Crippen LogP contribution in [0.2, 0.25) is 5.15 Å². The molecule has 0 saturated carbocycles. The summed E-state index contributed by atoms with van der Waals surface area (Å²) < 4.78 is 1.73. The lowest BCUT2D eigenvalue weighted by Crippen LogP contribution is -2.45. The fourth-order valence-corrected chi connectivity index (χ4v) is 3.65. The lowest BCUT2D eigenvalue weighted by atomic mass is 10.00. The van der Waals surface area contributed by atoms with Crippen molar-refractivity contribution in [3.8, 4) is 0 Å². The van der Waals surface area contributed by atoms with Gasteiger partial charge in [0.2, 0.25) is 0 Å². The van der Waals surface area contributed by atoms with Crippen molar-refractivity contribution in [1.29, 1.82) is 0 Å². The molecule has 7 heteroatoms. The molecule has 6 nitrogen and oxygen atoms in total. The van der Waals surface area contributed by atoms with Gasteiger partial charge in [0.15, 0.2) is 0 Å². The molecule has 2 bridgehead atoms. The van der Waals surface area contributed by atoms with Crippen molar-refractivity contribution in [3.63, 3.8) is 0 Å². The number of anilines is 1. The molecule has 4 heterocycles. The predicted octanol–water partition coefficient (Wildman–Crippen LogP) is 1.27. The van der Waals surface area contributed by atoms with E-state index in [0.29, 0.717) is 23.0 Å². The molecule has 0 aliphatic carbocycles. The van der Waals surface area contributed by atoms with Crippen LogP contribution < -0.4 is 4.90 Å². The van der Waals surface area contributed by atoms with Gasteiger partial charge in [-0.05, 0) is 25.7 Å². The van der Waals surface area contributed by atoms with Crippen LogP contribution in [0.3, 0.4) is 0 Å². The molecule has 0 aromatic carbocycles. The Bertz CT molecular complexity index is 616. The van der Waals surface area contributed by atoms with Gasteiger partial charge in [-0.15, -0.1) is 0 Å². The van der Waals surface area contributed by atoms with Gasteiger partial charge < -0.3 is 10.0 Å². The van der Waals surface area contributed by atoms with Crippen LogP contribution in [0.4, 0.5) is 5.82 Å². The van der Waals surface area contributed by atoms with Crippen molar-refractivity contribution in [2.45, 2.75) is 43.9 Å². The second kappa shape index (κ2) is 4.05. The number of aliphatic hydroxyl groups is 1. The van der Waals surface area contributed by atoms with Crippen LogP contribution in [0.15, 0.2) is 12.4 Å². The third-order valence-electron chi connectivity index (χ3n) is 4.17. The number of hydrogen-bond donors (Lipinski definition) is 1. The van der Waals surface area contributed by atoms with E-state index in [4.69, 9.17) is 11.6 Å². The maximum absolute atomic E-state index is 9.88. The van der Waals surface area contributed by atoms with Crippen LogP contribution in [-0.2, 0) is 0 Å². The van der Waals surface area contributed by atoms with Gasteiger partial charge in [-0.3, -0.25) is 0 Å². The smallest absolute Gasteiger partial charge is 0.255 e. The zero-order valence-corrected chi connectivity index (χ0v) is 11.0. The molecule has 4 rings (SSSR count). The molecule has 2 aliphatic heterocycles. The number of rotatable bonds is 1. The van der Waals surface area contributed by atoms with Crippen LogP contribution in [0, 0.1) is 0 Å². The minimum Gasteiger partial charge on any atom is -0.393 e. The predicted molar refractivity (Wildman–Crippen MR) is 70.3 cm³/mol. The van der Waals surface area contributed by atoms with E-state index in [1.807, 2.05) is 6.07 Å². The Morgan fingerprint density at radius 1 is 1.26 bits per heavy atom. The SMILES string of the molecule is OC1CC2CCC(C1)N2c1cc(Cl)nc2ncnn12. The topological polar surface area (TPSA) is 66.5 Å². The average Bonchev–Trinajstić information content (AvgIpc) is 2.92. The van der Waals surface area contributed by atoms with Crippen molar-refractivity contribution in [2.24, 2.45) is 0 Å². The van der Waals surface area contributed by atoms with Crippen molar-refractivity contribution in [3.05, 3.63) is 17.5 Å². The van der Waals surface area contributed by atoms with Gasteiger partial charge in [0.1, 0.15) is 17.3 Å². The van der Waals surface area contributed by atoms with Crippen LogP contribution in [0.1, 0.15) is 25.7 Å². The highest BCUT2D eigenvalue weighted by atomic mass is 35.5. The molecular formula is C12H14ClN5O. The summed E-state index contributed by atoms with van der Waals surface area (Å²) in [5, 5.41) is 14.5. The molecular weight excluding hydrogens is 266 g/mol. The number of aromatic nitrogens is 4. The van der Waals surface area contributed by atoms with E-state index in [0.717, 1.165) is 31.5 Å². The van der Waals surface area contributed by atoms with Crippen LogP contribution >= 0.6 is 11.6 Å². The molecule has 2 atom stereocenters. The molecule has 1 N–H and O–H groups in total. The monoisotopic (exact) mass is 279 g/mol. The lowest BCUT2D eigenvalue weighted by Gasteiger charge is -2.38. The summed E-state index contributed by atoms with van der Waals surface area (Å²) in [6, 6.07) is 2.56. The Labute approximate surface area is 115 Å². The fraction of sp³-hybridized carbons (Fsp3) is 0.583. The van der Waals surface area contributed by atoms with Crippen molar-refractivity contribution in [1.82, 2.24) is 19.6 Å². The number of hydrogen-bond acceptors (Lipinski definition) is 5. The van der Waals surface area contributed by atoms with Gasteiger partial charge in [0.25, 0.3) is 5.78 Å². The van der Waals surface area contributed by atoms with Gasteiger partial charge in [0.05, 0.1) is 6.10 Å².